The van der Waals surface area contributed by atoms with Crippen molar-refractivity contribution >= 4 is 54.8 Å². The van der Waals surface area contributed by atoms with Crippen LogP contribution in [0.2, 0.25) is 0 Å². The third-order valence-electron chi connectivity index (χ3n) is 5.58. The number of halogens is 1. The van der Waals surface area contributed by atoms with E-state index >= 15 is 0 Å². The lowest BCUT2D eigenvalue weighted by Crippen LogP contribution is -2.39. The second-order valence-corrected chi connectivity index (χ2v) is 11.5. The van der Waals surface area contributed by atoms with Gasteiger partial charge in [0, 0.05) is 13.1 Å². The summed E-state index contributed by atoms with van der Waals surface area (Å²) in [6, 6.07) is 14.5. The maximum atomic E-state index is 13.3. The molecule has 0 aliphatic heterocycles. The number of hydrogen-bond acceptors (Lipinski definition) is 6. The van der Waals surface area contributed by atoms with Gasteiger partial charge in [-0.05, 0) is 56.8 Å². The Morgan fingerprint density at radius 2 is 1.64 bits per heavy atom. The third-order valence-corrected chi connectivity index (χ3v) is 8.81. The van der Waals surface area contributed by atoms with Crippen LogP contribution in [0.5, 0.6) is 0 Å². The first-order valence-electron chi connectivity index (χ1n) is 11.0. The summed E-state index contributed by atoms with van der Waals surface area (Å²) >= 11 is 1.52. The summed E-state index contributed by atoms with van der Waals surface area (Å²) in [5.74, 6) is -0.0457. The Bertz CT molecular complexity index is 1120. The molecule has 0 aliphatic carbocycles. The number of fused-ring (bicyclic) bond motifs is 1. The van der Waals surface area contributed by atoms with Gasteiger partial charge in [0.2, 0.25) is 5.91 Å². The van der Waals surface area contributed by atoms with Crippen molar-refractivity contribution < 1.29 is 13.2 Å². The van der Waals surface area contributed by atoms with Gasteiger partial charge < -0.3 is 4.90 Å². The third kappa shape index (κ3) is 6.53. The van der Waals surface area contributed by atoms with Gasteiger partial charge >= 0.3 is 0 Å². The number of benzene rings is 2. The standard InChI is InChI=1S/C24H31N3O3S2.ClH/c1-5-26(6-2)15-16-27(24-25-21-9-7-8-10-22(21)31-24)23(28)17-19-11-13-20(14-12-19)32(29,30)18(3)4;/h7-14,18H,5-6,15-17H2,1-4H3;1H. The van der Waals surface area contributed by atoms with Crippen molar-refractivity contribution in [3.63, 3.8) is 0 Å². The Balaban J connectivity index is 0.00000385. The van der Waals surface area contributed by atoms with E-state index in [1.807, 2.05) is 24.3 Å². The molecule has 1 heterocycles. The minimum absolute atomic E-state index is 0. The highest BCUT2D eigenvalue weighted by molar-refractivity contribution is 7.92. The number of rotatable bonds is 10. The molecule has 1 amide bonds. The molecule has 3 rings (SSSR count). The van der Waals surface area contributed by atoms with E-state index in [2.05, 4.69) is 18.7 Å². The molecule has 0 bridgehead atoms. The van der Waals surface area contributed by atoms with Gasteiger partial charge in [-0.15, -0.1) is 12.4 Å². The average Bonchev–Trinajstić information content (AvgIpc) is 3.20. The van der Waals surface area contributed by atoms with Crippen molar-refractivity contribution in [1.82, 2.24) is 9.88 Å². The Morgan fingerprint density at radius 1 is 1.00 bits per heavy atom. The van der Waals surface area contributed by atoms with Crippen molar-refractivity contribution in [3.8, 4) is 0 Å². The molecule has 180 valence electrons. The molecule has 1 aromatic heterocycles. The number of para-hydroxylation sites is 1. The zero-order chi connectivity index (χ0) is 23.3. The van der Waals surface area contributed by atoms with Crippen LogP contribution in [-0.4, -0.2) is 55.6 Å². The zero-order valence-corrected chi connectivity index (χ0v) is 22.0. The number of sulfone groups is 1. The SMILES string of the molecule is CCN(CC)CCN(C(=O)Cc1ccc(S(=O)(=O)C(C)C)cc1)c1nc2ccccc2s1.Cl. The van der Waals surface area contributed by atoms with Crippen LogP contribution in [0.1, 0.15) is 33.3 Å². The predicted octanol–water partition coefficient (Wildman–Crippen LogP) is 4.82. The average molecular weight is 510 g/mol. The summed E-state index contributed by atoms with van der Waals surface area (Å²) in [4.78, 5) is 22.3. The van der Waals surface area contributed by atoms with Gasteiger partial charge in [0.15, 0.2) is 15.0 Å². The molecule has 0 fully saturated rings. The molecular formula is C24H32ClN3O3S2. The molecule has 0 unspecified atom stereocenters. The quantitative estimate of drug-likeness (QED) is 0.392. The van der Waals surface area contributed by atoms with Crippen molar-refractivity contribution in [2.45, 2.75) is 44.3 Å². The summed E-state index contributed by atoms with van der Waals surface area (Å²) in [6.45, 7) is 10.7. The lowest BCUT2D eigenvalue weighted by molar-refractivity contribution is -0.118. The summed E-state index contributed by atoms with van der Waals surface area (Å²) in [5, 5.41) is 0.215. The molecular weight excluding hydrogens is 478 g/mol. The van der Waals surface area contributed by atoms with Gasteiger partial charge in [0.05, 0.1) is 26.8 Å². The summed E-state index contributed by atoms with van der Waals surface area (Å²) in [5.41, 5.74) is 1.67. The first kappa shape index (κ1) is 27.2. The molecule has 0 spiro atoms. The van der Waals surface area contributed by atoms with E-state index in [1.54, 1.807) is 43.0 Å². The zero-order valence-electron chi connectivity index (χ0n) is 19.5. The van der Waals surface area contributed by atoms with Crippen LogP contribution in [0.4, 0.5) is 5.13 Å². The van der Waals surface area contributed by atoms with Gasteiger partial charge in [-0.3, -0.25) is 9.69 Å². The van der Waals surface area contributed by atoms with E-state index in [1.165, 1.54) is 11.3 Å². The van der Waals surface area contributed by atoms with Crippen molar-refractivity contribution in [2.75, 3.05) is 31.1 Å². The lowest BCUT2D eigenvalue weighted by Gasteiger charge is -2.24. The van der Waals surface area contributed by atoms with E-state index in [0.717, 1.165) is 35.4 Å². The minimum Gasteiger partial charge on any atom is -0.302 e. The van der Waals surface area contributed by atoms with Crippen LogP contribution in [0.25, 0.3) is 10.2 Å². The van der Waals surface area contributed by atoms with Crippen molar-refractivity contribution in [2.24, 2.45) is 0 Å². The molecule has 0 saturated carbocycles. The van der Waals surface area contributed by atoms with Gasteiger partial charge in [-0.25, -0.2) is 13.4 Å². The first-order chi connectivity index (χ1) is 15.3. The van der Waals surface area contributed by atoms with Crippen LogP contribution in [0.3, 0.4) is 0 Å². The second kappa shape index (κ2) is 11.9. The van der Waals surface area contributed by atoms with Crippen LogP contribution in [0, 0.1) is 0 Å². The Hall–Kier alpha value is -2.00. The van der Waals surface area contributed by atoms with Crippen molar-refractivity contribution in [3.05, 3.63) is 54.1 Å². The largest absolute Gasteiger partial charge is 0.302 e. The number of carbonyl (C=O) groups is 1. The van der Waals surface area contributed by atoms with E-state index in [9.17, 15) is 13.2 Å². The van der Waals surface area contributed by atoms with Crippen LogP contribution in [-0.2, 0) is 21.1 Å². The van der Waals surface area contributed by atoms with E-state index in [4.69, 9.17) is 4.98 Å². The van der Waals surface area contributed by atoms with E-state index in [-0.39, 0.29) is 29.6 Å². The maximum Gasteiger partial charge on any atom is 0.233 e. The number of aromatic nitrogens is 1. The molecule has 0 radical (unpaired) electrons. The number of nitrogens with zero attached hydrogens (tertiary/aromatic N) is 3. The fraction of sp³-hybridized carbons (Fsp3) is 0.417. The minimum atomic E-state index is -3.33. The number of hydrogen-bond donors (Lipinski definition) is 0. The number of thiazole rings is 1. The fourth-order valence-electron chi connectivity index (χ4n) is 3.42. The molecule has 0 atom stereocenters. The molecule has 3 aromatic rings. The normalized spacial score (nSPS) is 11.7. The fourth-order valence-corrected chi connectivity index (χ4v) is 5.49. The van der Waals surface area contributed by atoms with Crippen LogP contribution >= 0.6 is 23.7 Å². The summed E-state index contributed by atoms with van der Waals surface area (Å²) < 4.78 is 25.8. The summed E-state index contributed by atoms with van der Waals surface area (Å²) in [7, 11) is -3.33. The van der Waals surface area contributed by atoms with Gasteiger partial charge in [0.25, 0.3) is 0 Å². The topological polar surface area (TPSA) is 70.6 Å². The van der Waals surface area contributed by atoms with E-state index in [0.29, 0.717) is 11.7 Å². The molecule has 0 N–H and O–H groups in total. The summed E-state index contributed by atoms with van der Waals surface area (Å²) in [6.07, 6.45) is 0.191. The van der Waals surface area contributed by atoms with Gasteiger partial charge in [-0.2, -0.15) is 0 Å². The monoisotopic (exact) mass is 509 g/mol. The Morgan fingerprint density at radius 3 is 2.21 bits per heavy atom. The highest BCUT2D eigenvalue weighted by atomic mass is 35.5. The smallest absolute Gasteiger partial charge is 0.233 e. The molecule has 9 heteroatoms. The highest BCUT2D eigenvalue weighted by Crippen LogP contribution is 2.29. The number of amides is 1. The first-order valence-corrected chi connectivity index (χ1v) is 13.3. The number of anilines is 1. The predicted molar refractivity (Wildman–Crippen MR) is 139 cm³/mol. The van der Waals surface area contributed by atoms with E-state index < -0.39 is 15.1 Å². The van der Waals surface area contributed by atoms with Crippen LogP contribution < -0.4 is 4.90 Å². The number of carbonyl (C=O) groups excluding carboxylic acids is 1. The number of likely N-dealkylation sites (N-methyl/N-ethyl adjacent to an activating group) is 1. The second-order valence-electron chi connectivity index (χ2n) is 7.95. The van der Waals surface area contributed by atoms with Gasteiger partial charge in [0.1, 0.15) is 0 Å². The molecule has 6 nitrogen and oxygen atoms in total. The maximum absolute atomic E-state index is 13.3. The Labute approximate surface area is 207 Å². The molecule has 0 aliphatic rings. The molecule has 0 saturated heterocycles. The van der Waals surface area contributed by atoms with Crippen molar-refractivity contribution in [1.29, 1.82) is 0 Å². The Kier molecular flexibility index (Phi) is 9.84. The lowest BCUT2D eigenvalue weighted by atomic mass is 10.1. The van der Waals surface area contributed by atoms with Gasteiger partial charge in [-0.1, -0.05) is 49.4 Å². The van der Waals surface area contributed by atoms with Crippen LogP contribution in [0.15, 0.2) is 53.4 Å². The highest BCUT2D eigenvalue weighted by Gasteiger charge is 2.22. The molecule has 2 aromatic carbocycles. The molecule has 33 heavy (non-hydrogen) atoms.